The molecule has 0 aromatic carbocycles. The summed E-state index contributed by atoms with van der Waals surface area (Å²) in [5.74, 6) is -1.68. The van der Waals surface area contributed by atoms with E-state index in [1.165, 1.54) is 6.42 Å². The highest BCUT2D eigenvalue weighted by atomic mass is 19.3. The molecule has 1 N–H and O–H groups in total. The van der Waals surface area contributed by atoms with Crippen LogP contribution in [0.5, 0.6) is 0 Å². The molecule has 2 aliphatic rings. The van der Waals surface area contributed by atoms with Crippen molar-refractivity contribution in [2.75, 3.05) is 13.1 Å². The van der Waals surface area contributed by atoms with E-state index in [0.29, 0.717) is 24.7 Å². The summed E-state index contributed by atoms with van der Waals surface area (Å²) in [6.45, 7) is 2.78. The van der Waals surface area contributed by atoms with Crippen molar-refractivity contribution in [2.24, 2.45) is 5.92 Å². The minimum atomic E-state index is -2.45. The van der Waals surface area contributed by atoms with Gasteiger partial charge in [-0.2, -0.15) is 0 Å². The summed E-state index contributed by atoms with van der Waals surface area (Å²) < 4.78 is 28.1. The summed E-state index contributed by atoms with van der Waals surface area (Å²) in [6, 6.07) is 0. The maximum atomic E-state index is 13.1. The molecule has 1 aliphatic carbocycles. The van der Waals surface area contributed by atoms with E-state index in [2.05, 4.69) is 15.6 Å². The van der Waals surface area contributed by atoms with Crippen LogP contribution in [0.4, 0.5) is 8.78 Å². The maximum absolute atomic E-state index is 13.1. The van der Waals surface area contributed by atoms with Crippen molar-refractivity contribution >= 4 is 0 Å². The summed E-state index contributed by atoms with van der Waals surface area (Å²) >= 11 is 0. The van der Waals surface area contributed by atoms with Gasteiger partial charge in [-0.05, 0) is 38.1 Å². The molecule has 20 heavy (non-hydrogen) atoms. The van der Waals surface area contributed by atoms with Gasteiger partial charge in [0.05, 0.1) is 5.69 Å². The van der Waals surface area contributed by atoms with Gasteiger partial charge in [0.15, 0.2) is 0 Å². The second-order valence-corrected chi connectivity index (χ2v) is 6.21. The van der Waals surface area contributed by atoms with Crippen LogP contribution in [-0.2, 0) is 6.54 Å². The number of rotatable bonds is 3. The highest BCUT2D eigenvalue weighted by molar-refractivity contribution is 5.04. The first kappa shape index (κ1) is 13.9. The molecular formula is C14H22F2N4. The van der Waals surface area contributed by atoms with Crippen molar-refractivity contribution in [3.8, 4) is 0 Å². The van der Waals surface area contributed by atoms with Crippen molar-refractivity contribution in [3.05, 3.63) is 11.9 Å². The summed E-state index contributed by atoms with van der Waals surface area (Å²) in [5.41, 5.74) is 1.04. The molecule has 0 radical (unpaired) electrons. The third kappa shape index (κ3) is 3.34. The first-order valence-corrected chi connectivity index (χ1v) is 7.61. The van der Waals surface area contributed by atoms with E-state index in [-0.39, 0.29) is 12.8 Å². The van der Waals surface area contributed by atoms with Gasteiger partial charge in [-0.15, -0.1) is 5.10 Å². The Hall–Kier alpha value is -1.04. The van der Waals surface area contributed by atoms with Gasteiger partial charge in [0, 0.05) is 38.0 Å². The van der Waals surface area contributed by atoms with Crippen LogP contribution in [0.3, 0.4) is 0 Å². The smallest absolute Gasteiger partial charge is 0.248 e. The van der Waals surface area contributed by atoms with E-state index in [0.717, 1.165) is 31.7 Å². The van der Waals surface area contributed by atoms with E-state index in [4.69, 9.17) is 0 Å². The zero-order chi connectivity index (χ0) is 14.0. The number of aromatic nitrogens is 3. The largest absolute Gasteiger partial charge is 0.316 e. The summed E-state index contributed by atoms with van der Waals surface area (Å²) in [5, 5.41) is 11.8. The van der Waals surface area contributed by atoms with Crippen LogP contribution in [0.15, 0.2) is 6.20 Å². The van der Waals surface area contributed by atoms with Crippen LogP contribution in [0.25, 0.3) is 0 Å². The van der Waals surface area contributed by atoms with Gasteiger partial charge >= 0.3 is 0 Å². The van der Waals surface area contributed by atoms with Crippen molar-refractivity contribution < 1.29 is 8.78 Å². The predicted molar refractivity (Wildman–Crippen MR) is 71.8 cm³/mol. The normalized spacial score (nSPS) is 27.6. The Bertz CT molecular complexity index is 430. The topological polar surface area (TPSA) is 42.7 Å². The number of nitrogens with one attached hydrogen (secondary N) is 1. The monoisotopic (exact) mass is 284 g/mol. The molecule has 1 saturated carbocycles. The molecule has 6 heteroatoms. The summed E-state index contributed by atoms with van der Waals surface area (Å²) in [4.78, 5) is 0. The molecule has 0 amide bonds. The second-order valence-electron chi connectivity index (χ2n) is 6.21. The van der Waals surface area contributed by atoms with Crippen LogP contribution in [0.2, 0.25) is 0 Å². The van der Waals surface area contributed by atoms with E-state index in [9.17, 15) is 8.78 Å². The molecule has 1 aliphatic heterocycles. The van der Waals surface area contributed by atoms with Gasteiger partial charge in [0.2, 0.25) is 5.92 Å². The lowest BCUT2D eigenvalue weighted by atomic mass is 9.87. The Labute approximate surface area is 117 Å². The number of piperidine rings is 1. The molecule has 3 rings (SSSR count). The Morgan fingerprint density at radius 1 is 1.30 bits per heavy atom. The first-order chi connectivity index (χ1) is 9.62. The molecule has 1 aromatic rings. The fourth-order valence-corrected chi connectivity index (χ4v) is 3.24. The Morgan fingerprint density at radius 2 is 2.10 bits per heavy atom. The van der Waals surface area contributed by atoms with Crippen LogP contribution < -0.4 is 5.32 Å². The number of halogens is 2. The van der Waals surface area contributed by atoms with Crippen molar-refractivity contribution in [1.82, 2.24) is 20.3 Å². The molecule has 2 fully saturated rings. The lowest BCUT2D eigenvalue weighted by Crippen LogP contribution is -2.28. The Balaban J connectivity index is 1.55. The molecule has 1 saturated heterocycles. The zero-order valence-electron chi connectivity index (χ0n) is 11.7. The van der Waals surface area contributed by atoms with Crippen LogP contribution in [0, 0.1) is 5.92 Å². The minimum Gasteiger partial charge on any atom is -0.316 e. The van der Waals surface area contributed by atoms with Crippen LogP contribution in [0.1, 0.15) is 50.1 Å². The van der Waals surface area contributed by atoms with Crippen molar-refractivity contribution in [3.63, 3.8) is 0 Å². The summed E-state index contributed by atoms with van der Waals surface area (Å²) in [7, 11) is 0. The third-order valence-corrected chi connectivity index (χ3v) is 4.55. The molecule has 1 unspecified atom stereocenters. The fraction of sp³-hybridized carbons (Fsp3) is 0.857. The van der Waals surface area contributed by atoms with E-state index < -0.39 is 5.92 Å². The van der Waals surface area contributed by atoms with Gasteiger partial charge in [-0.3, -0.25) is 4.68 Å². The van der Waals surface area contributed by atoms with Gasteiger partial charge < -0.3 is 5.32 Å². The van der Waals surface area contributed by atoms with Crippen LogP contribution in [-0.4, -0.2) is 34.0 Å². The molecule has 1 atom stereocenters. The molecule has 0 spiro atoms. The highest BCUT2D eigenvalue weighted by Gasteiger charge is 2.35. The Morgan fingerprint density at radius 3 is 2.80 bits per heavy atom. The Kier molecular flexibility index (Phi) is 4.01. The van der Waals surface area contributed by atoms with Crippen molar-refractivity contribution in [1.29, 1.82) is 0 Å². The van der Waals surface area contributed by atoms with Gasteiger partial charge in [0.25, 0.3) is 0 Å². The zero-order valence-corrected chi connectivity index (χ0v) is 11.7. The standard InChI is InChI=1S/C14H22F2N4/c15-14(16)5-3-11(4-6-14)9-20-10-13(18-19-20)12-2-1-7-17-8-12/h10-12,17H,1-9H2. The van der Waals surface area contributed by atoms with Gasteiger partial charge in [-0.25, -0.2) is 8.78 Å². The SMILES string of the molecule is FC1(F)CCC(Cn2cc(C3CCCNC3)nn2)CC1. The number of nitrogens with zero attached hydrogens (tertiary/aromatic N) is 3. The lowest BCUT2D eigenvalue weighted by molar-refractivity contribution is -0.0476. The fourth-order valence-electron chi connectivity index (χ4n) is 3.24. The van der Waals surface area contributed by atoms with Gasteiger partial charge in [0.1, 0.15) is 0 Å². The van der Waals surface area contributed by atoms with Crippen LogP contribution >= 0.6 is 0 Å². The van der Waals surface area contributed by atoms with E-state index in [1.54, 1.807) is 0 Å². The molecule has 112 valence electrons. The average Bonchev–Trinajstić information content (AvgIpc) is 2.91. The average molecular weight is 284 g/mol. The third-order valence-electron chi connectivity index (χ3n) is 4.55. The lowest BCUT2D eigenvalue weighted by Gasteiger charge is -2.27. The van der Waals surface area contributed by atoms with Gasteiger partial charge in [-0.1, -0.05) is 5.21 Å². The molecule has 1 aromatic heterocycles. The molecule has 0 bridgehead atoms. The van der Waals surface area contributed by atoms with E-state index in [1.807, 2.05) is 10.9 Å². The second kappa shape index (κ2) is 5.76. The number of hydrogen-bond donors (Lipinski definition) is 1. The molecular weight excluding hydrogens is 262 g/mol. The van der Waals surface area contributed by atoms with Crippen molar-refractivity contribution in [2.45, 2.75) is 56.9 Å². The minimum absolute atomic E-state index is 0.0196. The summed E-state index contributed by atoms with van der Waals surface area (Å²) in [6.07, 6.45) is 5.55. The molecule has 4 nitrogen and oxygen atoms in total. The maximum Gasteiger partial charge on any atom is 0.248 e. The number of hydrogen-bond acceptors (Lipinski definition) is 3. The number of alkyl halides is 2. The highest BCUT2D eigenvalue weighted by Crippen LogP contribution is 2.36. The molecule has 2 heterocycles. The van der Waals surface area contributed by atoms with E-state index >= 15 is 0 Å². The predicted octanol–water partition coefficient (Wildman–Crippen LogP) is 2.57. The quantitative estimate of drug-likeness (QED) is 0.927. The first-order valence-electron chi connectivity index (χ1n) is 7.61.